The molecular weight excluding hydrogens is 260 g/mol. The molecule has 6 nitrogen and oxygen atoms in total. The Kier molecular flexibility index (Phi) is 5.80. The molecule has 3 N–H and O–H groups in total. The molecule has 0 spiro atoms. The molecule has 1 aliphatic rings. The lowest BCUT2D eigenvalue weighted by Crippen LogP contribution is -2.56. The van der Waals surface area contributed by atoms with Gasteiger partial charge in [-0.3, -0.25) is 0 Å². The molecule has 0 aromatic carbocycles. The highest BCUT2D eigenvalue weighted by Crippen LogP contribution is 2.26. The Labute approximate surface area is 120 Å². The van der Waals surface area contributed by atoms with Crippen LogP contribution >= 0.6 is 0 Å². The number of hydrogen-bond donors (Lipinski definition) is 3. The standard InChI is InChI=1S/C14H26N2O4/c1-14(2,3)11(12(18)19)15-13(20)16(8-5-9-17)10-6-4-7-10/h10-11,17H,4-9H2,1-3H3,(H,15,20)(H,18,19)/t11-/m0/s1. The molecule has 0 saturated heterocycles. The van der Waals surface area contributed by atoms with Crippen molar-refractivity contribution in [3.05, 3.63) is 0 Å². The third-order valence-corrected chi connectivity index (χ3v) is 3.71. The second-order valence-electron chi connectivity index (χ2n) is 6.44. The van der Waals surface area contributed by atoms with E-state index in [1.807, 2.05) is 0 Å². The van der Waals surface area contributed by atoms with E-state index in [4.69, 9.17) is 5.11 Å². The fourth-order valence-electron chi connectivity index (χ4n) is 2.24. The average Bonchev–Trinajstić information content (AvgIpc) is 2.26. The molecule has 0 aromatic heterocycles. The van der Waals surface area contributed by atoms with Crippen LogP contribution in [0.15, 0.2) is 0 Å². The SMILES string of the molecule is CC(C)(C)[C@@H](NC(=O)N(CCCO)C1CCC1)C(=O)O. The Morgan fingerprint density at radius 2 is 1.95 bits per heavy atom. The summed E-state index contributed by atoms with van der Waals surface area (Å²) in [4.78, 5) is 25.3. The Morgan fingerprint density at radius 3 is 2.30 bits per heavy atom. The zero-order valence-corrected chi connectivity index (χ0v) is 12.6. The summed E-state index contributed by atoms with van der Waals surface area (Å²) >= 11 is 0. The first kappa shape index (κ1) is 16.8. The molecule has 6 heteroatoms. The predicted molar refractivity (Wildman–Crippen MR) is 75.5 cm³/mol. The minimum absolute atomic E-state index is 0.0259. The maximum Gasteiger partial charge on any atom is 0.326 e. The Balaban J connectivity index is 2.70. The summed E-state index contributed by atoms with van der Waals surface area (Å²) in [5.74, 6) is -1.03. The quantitative estimate of drug-likeness (QED) is 0.689. The molecule has 1 aliphatic carbocycles. The summed E-state index contributed by atoms with van der Waals surface area (Å²) in [5.41, 5.74) is -0.552. The Bertz CT molecular complexity index is 348. The van der Waals surface area contributed by atoms with Crippen LogP contribution < -0.4 is 5.32 Å². The predicted octanol–water partition coefficient (Wildman–Crippen LogP) is 1.43. The number of aliphatic hydroxyl groups excluding tert-OH is 1. The van der Waals surface area contributed by atoms with Crippen molar-refractivity contribution in [2.45, 2.75) is 58.5 Å². The van der Waals surface area contributed by atoms with Gasteiger partial charge in [0.05, 0.1) is 0 Å². The number of carboxylic acids is 1. The molecule has 20 heavy (non-hydrogen) atoms. The van der Waals surface area contributed by atoms with Gasteiger partial charge in [0.2, 0.25) is 0 Å². The summed E-state index contributed by atoms with van der Waals surface area (Å²) in [6.07, 6.45) is 3.50. The Morgan fingerprint density at radius 1 is 1.35 bits per heavy atom. The number of amides is 2. The van der Waals surface area contributed by atoms with Gasteiger partial charge in [-0.05, 0) is 31.1 Å². The van der Waals surface area contributed by atoms with Crippen LogP contribution in [0.4, 0.5) is 4.79 Å². The first-order chi connectivity index (χ1) is 9.27. The van der Waals surface area contributed by atoms with Crippen LogP contribution in [0.5, 0.6) is 0 Å². The van der Waals surface area contributed by atoms with Crippen LogP contribution in [0.3, 0.4) is 0 Å². The number of nitrogens with one attached hydrogen (secondary N) is 1. The number of nitrogens with zero attached hydrogens (tertiary/aromatic N) is 1. The maximum absolute atomic E-state index is 12.3. The molecule has 2 amide bonds. The summed E-state index contributed by atoms with van der Waals surface area (Å²) in [6, 6.07) is -1.09. The van der Waals surface area contributed by atoms with Crippen molar-refractivity contribution in [3.8, 4) is 0 Å². The molecule has 0 unspecified atom stereocenters. The third-order valence-electron chi connectivity index (χ3n) is 3.71. The fraction of sp³-hybridized carbons (Fsp3) is 0.857. The first-order valence-corrected chi connectivity index (χ1v) is 7.18. The van der Waals surface area contributed by atoms with Gasteiger partial charge in [0.1, 0.15) is 6.04 Å². The molecule has 1 rings (SSSR count). The van der Waals surface area contributed by atoms with E-state index in [1.165, 1.54) is 0 Å². The van der Waals surface area contributed by atoms with E-state index >= 15 is 0 Å². The van der Waals surface area contributed by atoms with E-state index < -0.39 is 17.4 Å². The van der Waals surface area contributed by atoms with Crippen molar-refractivity contribution in [2.75, 3.05) is 13.2 Å². The van der Waals surface area contributed by atoms with Crippen LogP contribution in [0.25, 0.3) is 0 Å². The number of hydrogen-bond acceptors (Lipinski definition) is 3. The van der Waals surface area contributed by atoms with Gasteiger partial charge < -0.3 is 20.4 Å². The number of carbonyl (C=O) groups is 2. The van der Waals surface area contributed by atoms with E-state index in [0.29, 0.717) is 13.0 Å². The van der Waals surface area contributed by atoms with E-state index in [2.05, 4.69) is 5.32 Å². The summed E-state index contributed by atoms with van der Waals surface area (Å²) < 4.78 is 0. The van der Waals surface area contributed by atoms with Gasteiger partial charge in [-0.25, -0.2) is 9.59 Å². The van der Waals surface area contributed by atoms with Crippen molar-refractivity contribution < 1.29 is 19.8 Å². The van der Waals surface area contributed by atoms with Crippen LogP contribution in [-0.4, -0.2) is 52.3 Å². The number of carbonyl (C=O) groups excluding carboxylic acids is 1. The number of urea groups is 1. The number of rotatable bonds is 6. The monoisotopic (exact) mass is 286 g/mol. The van der Waals surface area contributed by atoms with Gasteiger partial charge in [0.15, 0.2) is 0 Å². The number of aliphatic hydroxyl groups is 1. The average molecular weight is 286 g/mol. The zero-order valence-electron chi connectivity index (χ0n) is 12.6. The van der Waals surface area contributed by atoms with E-state index in [-0.39, 0.29) is 18.7 Å². The Hall–Kier alpha value is -1.30. The van der Waals surface area contributed by atoms with Gasteiger partial charge in [-0.2, -0.15) is 0 Å². The lowest BCUT2D eigenvalue weighted by molar-refractivity contribution is -0.142. The molecule has 116 valence electrons. The lowest BCUT2D eigenvalue weighted by Gasteiger charge is -2.39. The first-order valence-electron chi connectivity index (χ1n) is 7.18. The highest BCUT2D eigenvalue weighted by Gasteiger charge is 2.36. The summed E-state index contributed by atoms with van der Waals surface area (Å²) in [7, 11) is 0. The molecule has 0 radical (unpaired) electrons. The third kappa shape index (κ3) is 4.37. The maximum atomic E-state index is 12.3. The number of aliphatic carboxylic acids is 1. The molecule has 0 aromatic rings. The lowest BCUT2D eigenvalue weighted by atomic mass is 9.86. The summed E-state index contributed by atoms with van der Waals surface area (Å²) in [6.45, 7) is 5.84. The molecule has 1 saturated carbocycles. The highest BCUT2D eigenvalue weighted by atomic mass is 16.4. The van der Waals surface area contributed by atoms with E-state index in [1.54, 1.807) is 25.7 Å². The molecule has 1 atom stereocenters. The molecule has 0 heterocycles. The van der Waals surface area contributed by atoms with Crippen LogP contribution in [0.2, 0.25) is 0 Å². The topological polar surface area (TPSA) is 89.9 Å². The van der Waals surface area contributed by atoms with Gasteiger partial charge in [0, 0.05) is 19.2 Å². The largest absolute Gasteiger partial charge is 0.480 e. The fourth-order valence-corrected chi connectivity index (χ4v) is 2.24. The second-order valence-corrected chi connectivity index (χ2v) is 6.44. The van der Waals surface area contributed by atoms with Crippen molar-refractivity contribution in [1.82, 2.24) is 10.2 Å². The van der Waals surface area contributed by atoms with Gasteiger partial charge >= 0.3 is 12.0 Å². The van der Waals surface area contributed by atoms with Crippen molar-refractivity contribution >= 4 is 12.0 Å². The van der Waals surface area contributed by atoms with Crippen molar-refractivity contribution in [2.24, 2.45) is 5.41 Å². The number of carboxylic acid groups (broad SMARTS) is 1. The van der Waals surface area contributed by atoms with Crippen LogP contribution in [0.1, 0.15) is 46.5 Å². The molecule has 0 aliphatic heterocycles. The van der Waals surface area contributed by atoms with Crippen LogP contribution in [-0.2, 0) is 4.79 Å². The van der Waals surface area contributed by atoms with E-state index in [0.717, 1.165) is 19.3 Å². The van der Waals surface area contributed by atoms with Crippen LogP contribution in [0, 0.1) is 5.41 Å². The zero-order chi connectivity index (χ0) is 15.3. The highest BCUT2D eigenvalue weighted by molar-refractivity contribution is 5.83. The second kappa shape index (κ2) is 6.92. The smallest absolute Gasteiger partial charge is 0.326 e. The summed E-state index contributed by atoms with van der Waals surface area (Å²) in [5, 5.41) is 20.8. The molecule has 0 bridgehead atoms. The molecule has 1 fully saturated rings. The minimum Gasteiger partial charge on any atom is -0.480 e. The van der Waals surface area contributed by atoms with Crippen molar-refractivity contribution in [1.29, 1.82) is 0 Å². The van der Waals surface area contributed by atoms with Gasteiger partial charge in [0.25, 0.3) is 0 Å². The normalized spacial score (nSPS) is 17.2. The molecular formula is C14H26N2O4. The minimum atomic E-state index is -1.03. The van der Waals surface area contributed by atoms with Gasteiger partial charge in [-0.1, -0.05) is 20.8 Å². The van der Waals surface area contributed by atoms with E-state index in [9.17, 15) is 14.7 Å². The van der Waals surface area contributed by atoms with Crippen molar-refractivity contribution in [3.63, 3.8) is 0 Å². The van der Waals surface area contributed by atoms with Gasteiger partial charge in [-0.15, -0.1) is 0 Å².